The van der Waals surface area contributed by atoms with Crippen molar-refractivity contribution in [3.8, 4) is 0 Å². The molecule has 0 atom stereocenters. The van der Waals surface area contributed by atoms with Crippen LogP contribution in [-0.2, 0) is 22.4 Å². The van der Waals surface area contributed by atoms with E-state index >= 15 is 0 Å². The number of nitrogens with two attached hydrogens (primary N) is 1. The van der Waals surface area contributed by atoms with Crippen molar-refractivity contribution < 1.29 is 14.3 Å². The third-order valence-electron chi connectivity index (χ3n) is 4.04. The molecule has 0 bridgehead atoms. The highest BCUT2D eigenvalue weighted by Gasteiger charge is 2.19. The maximum atomic E-state index is 12.7. The topological polar surface area (TPSA) is 107 Å². The highest BCUT2D eigenvalue weighted by molar-refractivity contribution is 7.21. The molecule has 0 saturated carbocycles. The number of fused-ring (bicyclic) bond motifs is 1. The second-order valence-electron chi connectivity index (χ2n) is 6.17. The Morgan fingerprint density at radius 3 is 2.82 bits per heavy atom. The number of ether oxygens (including phenoxy) is 1. The molecule has 7 nitrogen and oxygen atoms in total. The number of hydrogen-bond donors (Lipinski definition) is 2. The number of carbonyl (C=O) groups excluding carboxylic acids is 2. The van der Waals surface area contributed by atoms with E-state index in [1.54, 1.807) is 13.1 Å². The lowest BCUT2D eigenvalue weighted by Gasteiger charge is -2.00. The van der Waals surface area contributed by atoms with Gasteiger partial charge in [0.05, 0.1) is 18.7 Å². The number of pyridine rings is 1. The van der Waals surface area contributed by atoms with Crippen molar-refractivity contribution in [1.29, 1.82) is 0 Å². The van der Waals surface area contributed by atoms with E-state index in [-0.39, 0.29) is 18.3 Å². The number of thiazole rings is 1. The van der Waals surface area contributed by atoms with Gasteiger partial charge in [-0.05, 0) is 31.9 Å². The molecular weight excluding hydrogens is 396 g/mol. The van der Waals surface area contributed by atoms with Crippen LogP contribution in [0.2, 0.25) is 0 Å². The van der Waals surface area contributed by atoms with Gasteiger partial charge in [-0.15, -0.1) is 22.7 Å². The molecule has 148 valence electrons. The predicted molar refractivity (Wildman–Crippen MR) is 113 cm³/mol. The molecule has 3 aromatic heterocycles. The maximum absolute atomic E-state index is 12.7. The zero-order valence-electron chi connectivity index (χ0n) is 15.8. The molecule has 9 heteroatoms. The maximum Gasteiger partial charge on any atom is 0.311 e. The summed E-state index contributed by atoms with van der Waals surface area (Å²) in [5.74, 6) is -0.643. The van der Waals surface area contributed by atoms with Crippen LogP contribution in [0.1, 0.15) is 46.9 Å². The summed E-state index contributed by atoms with van der Waals surface area (Å²) in [6, 6.07) is 3.89. The fourth-order valence-electron chi connectivity index (χ4n) is 2.66. The van der Waals surface area contributed by atoms with Gasteiger partial charge in [-0.1, -0.05) is 13.3 Å². The van der Waals surface area contributed by atoms with E-state index in [4.69, 9.17) is 10.5 Å². The number of aromatic nitrogens is 2. The number of carbonyl (C=O) groups is 2. The molecule has 0 spiro atoms. The van der Waals surface area contributed by atoms with Crippen molar-refractivity contribution in [3.63, 3.8) is 0 Å². The molecule has 0 unspecified atom stereocenters. The number of aryl methyl sites for hydroxylation is 1. The van der Waals surface area contributed by atoms with Crippen molar-refractivity contribution in [2.45, 2.75) is 39.5 Å². The van der Waals surface area contributed by atoms with E-state index in [9.17, 15) is 9.59 Å². The summed E-state index contributed by atoms with van der Waals surface area (Å²) < 4.78 is 4.92. The number of anilines is 2. The van der Waals surface area contributed by atoms with Crippen molar-refractivity contribution in [3.05, 3.63) is 33.8 Å². The first-order chi connectivity index (χ1) is 13.5. The quantitative estimate of drug-likeness (QED) is 0.535. The SMILES string of the molecule is CCCCc1ccc2c(N)c(C(=O)Nc3ncc(CC(=O)OCC)s3)sc2n1. The minimum absolute atomic E-state index is 0.136. The van der Waals surface area contributed by atoms with E-state index in [1.807, 2.05) is 12.1 Å². The average Bonchev–Trinajstić information content (AvgIpc) is 3.24. The molecule has 3 heterocycles. The minimum Gasteiger partial charge on any atom is -0.466 e. The monoisotopic (exact) mass is 418 g/mol. The molecule has 3 N–H and O–H groups in total. The van der Waals surface area contributed by atoms with Crippen molar-refractivity contribution >= 4 is 55.6 Å². The first-order valence-electron chi connectivity index (χ1n) is 9.11. The van der Waals surface area contributed by atoms with Gasteiger partial charge in [-0.2, -0.15) is 0 Å². The van der Waals surface area contributed by atoms with E-state index in [1.165, 1.54) is 22.7 Å². The molecule has 28 heavy (non-hydrogen) atoms. The van der Waals surface area contributed by atoms with Crippen LogP contribution in [0.25, 0.3) is 10.2 Å². The second kappa shape index (κ2) is 9.11. The van der Waals surface area contributed by atoms with E-state index in [2.05, 4.69) is 22.2 Å². The van der Waals surface area contributed by atoms with E-state index < -0.39 is 0 Å². The van der Waals surface area contributed by atoms with Gasteiger partial charge < -0.3 is 10.5 Å². The standard InChI is InChI=1S/C19H22N4O3S2/c1-3-5-6-11-7-8-13-15(20)16(28-18(13)22-11)17(25)23-19-21-10-12(27-19)9-14(24)26-4-2/h7-8,10H,3-6,9,20H2,1-2H3,(H,21,23,25). The Bertz CT molecular complexity index is 996. The highest BCUT2D eigenvalue weighted by atomic mass is 32.1. The summed E-state index contributed by atoms with van der Waals surface area (Å²) in [5.41, 5.74) is 7.61. The van der Waals surface area contributed by atoms with Gasteiger partial charge in [-0.3, -0.25) is 14.9 Å². The van der Waals surface area contributed by atoms with E-state index in [0.717, 1.165) is 40.1 Å². The molecule has 3 aromatic rings. The molecule has 1 amide bonds. The van der Waals surface area contributed by atoms with Crippen LogP contribution < -0.4 is 11.1 Å². The molecule has 0 fully saturated rings. The predicted octanol–water partition coefficient (Wildman–Crippen LogP) is 4.04. The van der Waals surface area contributed by atoms with Crippen LogP contribution in [0.5, 0.6) is 0 Å². The largest absolute Gasteiger partial charge is 0.466 e. The Kier molecular flexibility index (Phi) is 6.58. The van der Waals surface area contributed by atoms with Gasteiger partial charge >= 0.3 is 5.97 Å². The van der Waals surface area contributed by atoms with Crippen LogP contribution in [0.4, 0.5) is 10.8 Å². The summed E-state index contributed by atoms with van der Waals surface area (Å²) in [5, 5.41) is 3.96. The van der Waals surface area contributed by atoms with Crippen molar-refractivity contribution in [2.24, 2.45) is 0 Å². The molecule has 0 saturated heterocycles. The fraction of sp³-hybridized carbons (Fsp3) is 0.368. The van der Waals surface area contributed by atoms with Crippen LogP contribution >= 0.6 is 22.7 Å². The van der Waals surface area contributed by atoms with Gasteiger partial charge in [0.15, 0.2) is 5.13 Å². The summed E-state index contributed by atoms with van der Waals surface area (Å²) in [6.07, 6.45) is 4.79. The minimum atomic E-state index is -0.326. The average molecular weight is 419 g/mol. The van der Waals surface area contributed by atoms with Crippen LogP contribution in [0, 0.1) is 0 Å². The van der Waals surface area contributed by atoms with Crippen LogP contribution in [0.3, 0.4) is 0 Å². The molecule has 0 aliphatic heterocycles. The smallest absolute Gasteiger partial charge is 0.311 e. The van der Waals surface area contributed by atoms with Gasteiger partial charge in [-0.25, -0.2) is 9.97 Å². The normalized spacial score (nSPS) is 10.9. The van der Waals surface area contributed by atoms with Crippen LogP contribution in [0.15, 0.2) is 18.3 Å². The fourth-order valence-corrected chi connectivity index (χ4v) is 4.46. The summed E-state index contributed by atoms with van der Waals surface area (Å²) in [7, 11) is 0. The second-order valence-corrected chi connectivity index (χ2v) is 8.29. The summed E-state index contributed by atoms with van der Waals surface area (Å²) in [6.45, 7) is 4.23. The Morgan fingerprint density at radius 2 is 2.07 bits per heavy atom. The first kappa shape index (κ1) is 20.2. The highest BCUT2D eigenvalue weighted by Crippen LogP contribution is 2.33. The zero-order valence-corrected chi connectivity index (χ0v) is 17.4. The zero-order chi connectivity index (χ0) is 20.1. The number of thiophene rings is 1. The first-order valence-corrected chi connectivity index (χ1v) is 10.7. The lowest BCUT2D eigenvalue weighted by atomic mass is 10.1. The third kappa shape index (κ3) is 4.66. The Morgan fingerprint density at radius 1 is 1.25 bits per heavy atom. The van der Waals surface area contributed by atoms with Gasteiger partial charge in [0.1, 0.15) is 9.71 Å². The third-order valence-corrected chi connectivity index (χ3v) is 6.07. The van der Waals surface area contributed by atoms with Gasteiger partial charge in [0.2, 0.25) is 0 Å². The molecule has 0 aliphatic rings. The molecular formula is C19H22N4O3S2. The van der Waals surface area contributed by atoms with Gasteiger partial charge in [0.25, 0.3) is 5.91 Å². The molecule has 3 rings (SSSR count). The number of unbranched alkanes of at least 4 members (excludes halogenated alkanes) is 1. The van der Waals surface area contributed by atoms with E-state index in [0.29, 0.717) is 22.3 Å². The van der Waals surface area contributed by atoms with Crippen LogP contribution in [-0.4, -0.2) is 28.5 Å². The number of rotatable bonds is 8. The molecule has 0 aromatic carbocycles. The number of nitrogens with zero attached hydrogens (tertiary/aromatic N) is 2. The van der Waals surface area contributed by atoms with Crippen molar-refractivity contribution in [1.82, 2.24) is 9.97 Å². The summed E-state index contributed by atoms with van der Waals surface area (Å²) >= 11 is 2.52. The number of esters is 1. The lowest BCUT2D eigenvalue weighted by molar-refractivity contribution is -0.142. The summed E-state index contributed by atoms with van der Waals surface area (Å²) in [4.78, 5) is 34.9. The van der Waals surface area contributed by atoms with Crippen molar-refractivity contribution in [2.75, 3.05) is 17.7 Å². The van der Waals surface area contributed by atoms with Gasteiger partial charge in [0, 0.05) is 22.2 Å². The number of amides is 1. The Balaban J connectivity index is 1.73. The number of nitrogen functional groups attached to an aromatic ring is 1. The molecule has 0 radical (unpaired) electrons. The Labute approximate surface area is 171 Å². The molecule has 0 aliphatic carbocycles. The number of hydrogen-bond acceptors (Lipinski definition) is 8. The lowest BCUT2D eigenvalue weighted by Crippen LogP contribution is -2.11. The number of nitrogens with one attached hydrogen (secondary N) is 1. The Hall–Kier alpha value is -2.52.